The zero-order chi connectivity index (χ0) is 13.9. The Labute approximate surface area is 116 Å². The van der Waals surface area contributed by atoms with E-state index in [1.165, 1.54) is 19.2 Å². The average Bonchev–Trinajstić information content (AvgIpc) is 2.89. The first kappa shape index (κ1) is 13.9. The first-order valence-electron chi connectivity index (χ1n) is 5.48. The van der Waals surface area contributed by atoms with Crippen molar-refractivity contribution in [3.63, 3.8) is 0 Å². The molecule has 2 rings (SSSR count). The third-order valence-electron chi connectivity index (χ3n) is 2.53. The second-order valence-electron chi connectivity index (χ2n) is 3.82. The molecule has 1 heterocycles. The number of aromatic amines is 1. The highest BCUT2D eigenvalue weighted by Gasteiger charge is 2.19. The fourth-order valence-corrected chi connectivity index (χ4v) is 3.02. The summed E-state index contributed by atoms with van der Waals surface area (Å²) in [6.45, 7) is 0.172. The highest BCUT2D eigenvalue weighted by atomic mass is 35.5. The van der Waals surface area contributed by atoms with Crippen LogP contribution < -0.4 is 9.46 Å². The van der Waals surface area contributed by atoms with Crippen LogP contribution in [0.1, 0.15) is 5.69 Å². The van der Waals surface area contributed by atoms with Gasteiger partial charge in [0.25, 0.3) is 0 Å². The van der Waals surface area contributed by atoms with Crippen LogP contribution in [0.3, 0.4) is 0 Å². The second-order valence-corrected chi connectivity index (χ2v) is 5.99. The van der Waals surface area contributed by atoms with Crippen LogP contribution in [-0.2, 0) is 16.6 Å². The molecule has 0 radical (unpaired) electrons. The molecule has 7 heteroatoms. The molecule has 0 bridgehead atoms. The lowest BCUT2D eigenvalue weighted by Gasteiger charge is -2.10. The summed E-state index contributed by atoms with van der Waals surface area (Å²) in [4.78, 5) is 2.94. The zero-order valence-electron chi connectivity index (χ0n) is 10.2. The summed E-state index contributed by atoms with van der Waals surface area (Å²) in [7, 11) is -2.27. The van der Waals surface area contributed by atoms with Gasteiger partial charge >= 0.3 is 0 Å². The molecule has 0 saturated heterocycles. The van der Waals surface area contributed by atoms with E-state index in [1.807, 2.05) is 0 Å². The van der Waals surface area contributed by atoms with Crippen molar-refractivity contribution in [2.24, 2.45) is 0 Å². The monoisotopic (exact) mass is 300 g/mol. The molecule has 2 aromatic rings. The number of hydrogen-bond donors (Lipinski definition) is 2. The van der Waals surface area contributed by atoms with E-state index in [-0.39, 0.29) is 17.2 Å². The van der Waals surface area contributed by atoms with Crippen LogP contribution in [0.15, 0.2) is 41.4 Å². The van der Waals surface area contributed by atoms with Gasteiger partial charge in [0.05, 0.1) is 13.7 Å². The molecular weight excluding hydrogens is 288 g/mol. The molecule has 19 heavy (non-hydrogen) atoms. The summed E-state index contributed by atoms with van der Waals surface area (Å²) in [5, 5.41) is 0.334. The number of aromatic nitrogens is 1. The van der Waals surface area contributed by atoms with Gasteiger partial charge in [0.1, 0.15) is 10.6 Å². The Morgan fingerprint density at radius 3 is 2.79 bits per heavy atom. The summed E-state index contributed by atoms with van der Waals surface area (Å²) in [6.07, 6.45) is 1.73. The van der Waals surface area contributed by atoms with Crippen molar-refractivity contribution in [3.8, 4) is 5.75 Å². The van der Waals surface area contributed by atoms with Crippen molar-refractivity contribution in [2.45, 2.75) is 11.4 Å². The molecular formula is C12H13ClN2O3S. The third-order valence-corrected chi connectivity index (χ3v) is 4.19. The summed E-state index contributed by atoms with van der Waals surface area (Å²) in [6, 6.07) is 8.04. The Bertz CT molecular complexity index is 654. The highest BCUT2D eigenvalue weighted by molar-refractivity contribution is 7.89. The fraction of sp³-hybridized carbons (Fsp3) is 0.167. The molecule has 0 saturated carbocycles. The Morgan fingerprint density at radius 2 is 2.16 bits per heavy atom. The standard InChI is InChI=1S/C12H13ClN2O3S/c1-18-11-5-4-9(13)7-12(11)19(16,17)15-8-10-3-2-6-14-10/h2-7,14-15H,8H2,1H3. The van der Waals surface area contributed by atoms with Gasteiger partial charge < -0.3 is 9.72 Å². The summed E-state index contributed by atoms with van der Waals surface area (Å²) >= 11 is 5.83. The maximum Gasteiger partial charge on any atom is 0.244 e. The molecule has 0 spiro atoms. The number of H-pyrrole nitrogens is 1. The predicted molar refractivity (Wildman–Crippen MR) is 72.8 cm³/mol. The highest BCUT2D eigenvalue weighted by Crippen LogP contribution is 2.26. The molecule has 0 aliphatic carbocycles. The van der Waals surface area contributed by atoms with Crippen molar-refractivity contribution in [1.82, 2.24) is 9.71 Å². The van der Waals surface area contributed by atoms with Crippen molar-refractivity contribution in [2.75, 3.05) is 7.11 Å². The molecule has 1 aromatic carbocycles. The Balaban J connectivity index is 2.26. The van der Waals surface area contributed by atoms with Gasteiger partial charge in [0, 0.05) is 16.9 Å². The Kier molecular flexibility index (Phi) is 4.14. The van der Waals surface area contributed by atoms with Crippen LogP contribution in [0.25, 0.3) is 0 Å². The predicted octanol–water partition coefficient (Wildman–Crippen LogP) is 2.16. The first-order chi connectivity index (χ1) is 9.03. The lowest BCUT2D eigenvalue weighted by Crippen LogP contribution is -2.23. The molecule has 0 unspecified atom stereocenters. The molecule has 0 atom stereocenters. The quantitative estimate of drug-likeness (QED) is 0.889. The van der Waals surface area contributed by atoms with Gasteiger partial charge in [-0.25, -0.2) is 13.1 Å². The maximum atomic E-state index is 12.2. The summed E-state index contributed by atoms with van der Waals surface area (Å²) in [5.74, 6) is 0.253. The minimum Gasteiger partial charge on any atom is -0.495 e. The van der Waals surface area contributed by atoms with Gasteiger partial charge in [-0.1, -0.05) is 11.6 Å². The smallest absolute Gasteiger partial charge is 0.244 e. The van der Waals surface area contributed by atoms with Gasteiger partial charge in [0.15, 0.2) is 0 Å². The van der Waals surface area contributed by atoms with Gasteiger partial charge in [0.2, 0.25) is 10.0 Å². The van der Waals surface area contributed by atoms with E-state index >= 15 is 0 Å². The third kappa shape index (κ3) is 3.28. The van der Waals surface area contributed by atoms with Crippen molar-refractivity contribution in [1.29, 1.82) is 0 Å². The number of sulfonamides is 1. The number of methoxy groups -OCH3 is 1. The Morgan fingerprint density at radius 1 is 1.37 bits per heavy atom. The minimum atomic E-state index is -3.68. The van der Waals surface area contributed by atoms with E-state index in [4.69, 9.17) is 16.3 Å². The van der Waals surface area contributed by atoms with Crippen LogP contribution >= 0.6 is 11.6 Å². The molecule has 2 N–H and O–H groups in total. The fourth-order valence-electron chi connectivity index (χ4n) is 1.59. The van der Waals surface area contributed by atoms with Crippen LogP contribution in [-0.4, -0.2) is 20.5 Å². The van der Waals surface area contributed by atoms with Crippen LogP contribution in [0.2, 0.25) is 5.02 Å². The molecule has 1 aromatic heterocycles. The second kappa shape index (κ2) is 5.64. The lowest BCUT2D eigenvalue weighted by atomic mass is 10.3. The molecule has 0 fully saturated rings. The van der Waals surface area contributed by atoms with Crippen LogP contribution in [0, 0.1) is 0 Å². The van der Waals surface area contributed by atoms with E-state index in [2.05, 4.69) is 9.71 Å². The molecule has 0 aliphatic heterocycles. The number of hydrogen-bond acceptors (Lipinski definition) is 3. The lowest BCUT2D eigenvalue weighted by molar-refractivity contribution is 0.402. The van der Waals surface area contributed by atoms with Crippen molar-refractivity contribution >= 4 is 21.6 Å². The SMILES string of the molecule is COc1ccc(Cl)cc1S(=O)(=O)NCc1ccc[nH]1. The van der Waals surface area contributed by atoms with Crippen LogP contribution in [0.4, 0.5) is 0 Å². The van der Waals surface area contributed by atoms with E-state index in [0.717, 1.165) is 5.69 Å². The van der Waals surface area contributed by atoms with E-state index in [0.29, 0.717) is 5.02 Å². The van der Waals surface area contributed by atoms with Gasteiger partial charge in [-0.2, -0.15) is 0 Å². The molecule has 102 valence electrons. The first-order valence-corrected chi connectivity index (χ1v) is 7.34. The van der Waals surface area contributed by atoms with Crippen molar-refractivity contribution in [3.05, 3.63) is 47.2 Å². The number of halogens is 1. The Hall–Kier alpha value is -1.50. The molecule has 0 aliphatic rings. The largest absolute Gasteiger partial charge is 0.495 e. The van der Waals surface area contributed by atoms with Crippen LogP contribution in [0.5, 0.6) is 5.75 Å². The van der Waals surface area contributed by atoms with E-state index < -0.39 is 10.0 Å². The number of benzene rings is 1. The number of nitrogens with one attached hydrogen (secondary N) is 2. The van der Waals surface area contributed by atoms with Crippen molar-refractivity contribution < 1.29 is 13.2 Å². The summed E-state index contributed by atoms with van der Waals surface area (Å²) in [5.41, 5.74) is 0.768. The topological polar surface area (TPSA) is 71.2 Å². The van der Waals surface area contributed by atoms with E-state index in [9.17, 15) is 8.42 Å². The number of ether oxygens (including phenoxy) is 1. The van der Waals surface area contributed by atoms with Gasteiger partial charge in [-0.3, -0.25) is 0 Å². The average molecular weight is 301 g/mol. The number of rotatable bonds is 5. The van der Waals surface area contributed by atoms with Gasteiger partial charge in [-0.15, -0.1) is 0 Å². The van der Waals surface area contributed by atoms with E-state index in [1.54, 1.807) is 24.4 Å². The van der Waals surface area contributed by atoms with Gasteiger partial charge in [-0.05, 0) is 30.3 Å². The maximum absolute atomic E-state index is 12.2. The minimum absolute atomic E-state index is 0.0223. The normalized spacial score (nSPS) is 11.5. The zero-order valence-corrected chi connectivity index (χ0v) is 11.8. The summed E-state index contributed by atoms with van der Waals surface area (Å²) < 4.78 is 31.9. The molecule has 0 amide bonds. The molecule has 5 nitrogen and oxygen atoms in total.